The van der Waals surface area contributed by atoms with Crippen LogP contribution in [0.5, 0.6) is 0 Å². The molecule has 11 aromatic rings. The Labute approximate surface area is 305 Å². The van der Waals surface area contributed by atoms with Crippen LogP contribution in [0.15, 0.2) is 182 Å². The maximum Gasteiger partial charge on any atom is 0.164 e. The highest BCUT2D eigenvalue weighted by Gasteiger charge is 2.18. The predicted octanol–water partition coefficient (Wildman–Crippen LogP) is 12.6. The summed E-state index contributed by atoms with van der Waals surface area (Å²) in [6.45, 7) is 0. The van der Waals surface area contributed by atoms with E-state index in [9.17, 15) is 0 Å². The van der Waals surface area contributed by atoms with Gasteiger partial charge in [0, 0.05) is 33.2 Å². The van der Waals surface area contributed by atoms with Crippen molar-refractivity contribution in [2.75, 3.05) is 0 Å². The van der Waals surface area contributed by atoms with E-state index in [0.717, 1.165) is 44.2 Å². The Morgan fingerprint density at radius 2 is 0.830 bits per heavy atom. The van der Waals surface area contributed by atoms with Crippen molar-refractivity contribution in [3.63, 3.8) is 0 Å². The largest absolute Gasteiger partial charge is 0.309 e. The second-order valence-electron chi connectivity index (χ2n) is 13.6. The van der Waals surface area contributed by atoms with Gasteiger partial charge in [-0.25, -0.2) is 15.0 Å². The first-order valence-electron chi connectivity index (χ1n) is 17.9. The first kappa shape index (κ1) is 29.5. The molecule has 0 atom stereocenters. The lowest BCUT2D eigenvalue weighted by Crippen LogP contribution is -2.02. The molecule has 0 unspecified atom stereocenters. The van der Waals surface area contributed by atoms with Crippen LogP contribution in [0.1, 0.15) is 0 Å². The highest BCUT2D eigenvalue weighted by molar-refractivity contribution is 6.17. The zero-order valence-electron chi connectivity index (χ0n) is 28.6. The van der Waals surface area contributed by atoms with Crippen molar-refractivity contribution in [2.45, 2.75) is 0 Å². The minimum absolute atomic E-state index is 0.636. The number of benzene rings is 9. The van der Waals surface area contributed by atoms with E-state index in [1.807, 2.05) is 18.2 Å². The van der Waals surface area contributed by atoms with Gasteiger partial charge in [-0.15, -0.1) is 0 Å². The maximum atomic E-state index is 5.30. The zero-order chi connectivity index (χ0) is 34.9. The molecule has 11 rings (SSSR count). The molecule has 0 aliphatic heterocycles. The molecule has 2 heterocycles. The molecule has 9 aromatic carbocycles. The van der Waals surface area contributed by atoms with Gasteiger partial charge in [-0.3, -0.25) is 0 Å². The molecule has 246 valence electrons. The van der Waals surface area contributed by atoms with Crippen molar-refractivity contribution in [1.29, 1.82) is 0 Å². The van der Waals surface area contributed by atoms with Crippen molar-refractivity contribution in [1.82, 2.24) is 19.5 Å². The molecule has 4 nitrogen and oxygen atoms in total. The average molecular weight is 675 g/mol. The second-order valence-corrected chi connectivity index (χ2v) is 13.6. The van der Waals surface area contributed by atoms with Crippen molar-refractivity contribution >= 4 is 64.9 Å². The van der Waals surface area contributed by atoms with Gasteiger partial charge >= 0.3 is 0 Å². The highest BCUT2D eigenvalue weighted by atomic mass is 15.0. The van der Waals surface area contributed by atoms with Gasteiger partial charge in [-0.05, 0) is 73.4 Å². The quantitative estimate of drug-likeness (QED) is 0.175. The number of fused-ring (bicyclic) bond motifs is 9. The third kappa shape index (κ3) is 4.73. The topological polar surface area (TPSA) is 43.6 Å². The van der Waals surface area contributed by atoms with E-state index in [4.69, 9.17) is 15.0 Å². The van der Waals surface area contributed by atoms with E-state index in [2.05, 4.69) is 168 Å². The molecule has 0 bridgehead atoms. The van der Waals surface area contributed by atoms with Gasteiger partial charge in [0.2, 0.25) is 0 Å². The highest BCUT2D eigenvalue weighted by Crippen LogP contribution is 2.38. The summed E-state index contributed by atoms with van der Waals surface area (Å²) in [5, 5.41) is 12.0. The van der Waals surface area contributed by atoms with Crippen LogP contribution in [0, 0.1) is 0 Å². The van der Waals surface area contributed by atoms with Crippen LogP contribution in [0.2, 0.25) is 0 Å². The molecule has 4 heteroatoms. The minimum Gasteiger partial charge on any atom is -0.309 e. The van der Waals surface area contributed by atoms with E-state index >= 15 is 0 Å². The van der Waals surface area contributed by atoms with Gasteiger partial charge in [-0.2, -0.15) is 0 Å². The SMILES string of the molecule is c1ccc(-c2nc(-c3ccc4ccc5c6ccccc6ccc5c4c3)nc(-c3cc(-n4c5ccccc5c5ccccc54)cc4ccccc34)n2)cc1. The van der Waals surface area contributed by atoms with Gasteiger partial charge in [0.1, 0.15) is 0 Å². The van der Waals surface area contributed by atoms with Gasteiger partial charge < -0.3 is 4.57 Å². The molecule has 53 heavy (non-hydrogen) atoms. The molecular weight excluding hydrogens is 645 g/mol. The van der Waals surface area contributed by atoms with E-state index in [1.165, 1.54) is 43.1 Å². The lowest BCUT2D eigenvalue weighted by molar-refractivity contribution is 1.07. The summed E-state index contributed by atoms with van der Waals surface area (Å²) in [5.74, 6) is 1.91. The fourth-order valence-electron chi connectivity index (χ4n) is 8.11. The number of rotatable bonds is 4. The number of hydrogen-bond acceptors (Lipinski definition) is 3. The molecular formula is C49H30N4. The first-order valence-corrected chi connectivity index (χ1v) is 17.9. The van der Waals surface area contributed by atoms with Gasteiger partial charge in [-0.1, -0.05) is 152 Å². The van der Waals surface area contributed by atoms with Crippen molar-refractivity contribution in [2.24, 2.45) is 0 Å². The molecule has 0 saturated carbocycles. The van der Waals surface area contributed by atoms with E-state index in [-0.39, 0.29) is 0 Å². The predicted molar refractivity (Wildman–Crippen MR) is 220 cm³/mol. The smallest absolute Gasteiger partial charge is 0.164 e. The molecule has 0 saturated heterocycles. The van der Waals surface area contributed by atoms with Crippen LogP contribution >= 0.6 is 0 Å². The van der Waals surface area contributed by atoms with Crippen LogP contribution in [0.25, 0.3) is 105 Å². The normalized spacial score (nSPS) is 11.8. The van der Waals surface area contributed by atoms with E-state index < -0.39 is 0 Å². The molecule has 0 aliphatic rings. The number of nitrogens with zero attached hydrogens (tertiary/aromatic N) is 4. The summed E-state index contributed by atoms with van der Waals surface area (Å²) in [6.07, 6.45) is 0. The van der Waals surface area contributed by atoms with E-state index in [0.29, 0.717) is 17.5 Å². The fraction of sp³-hybridized carbons (Fsp3) is 0. The molecule has 0 fully saturated rings. The number of aromatic nitrogens is 4. The summed E-state index contributed by atoms with van der Waals surface area (Å²) >= 11 is 0. The Morgan fingerprint density at radius 3 is 1.57 bits per heavy atom. The summed E-state index contributed by atoms with van der Waals surface area (Å²) in [6, 6.07) is 64.6. The Balaban J connectivity index is 1.17. The lowest BCUT2D eigenvalue weighted by atomic mass is 9.96. The standard InChI is InChI=1S/C49H30N4/c1-2-13-33(14-3-1)47-50-48(35-23-22-32-25-26-39-37-16-6-4-12-31(37)24-27-40(39)43(32)29-35)52-49(51-47)44-30-36(28-34-15-5-7-17-38(34)44)53-45-20-10-8-18-41(45)42-19-9-11-21-46(42)53/h1-30H. The summed E-state index contributed by atoms with van der Waals surface area (Å²) in [4.78, 5) is 15.7. The Morgan fingerprint density at radius 1 is 0.302 bits per heavy atom. The second kappa shape index (κ2) is 11.7. The van der Waals surface area contributed by atoms with Gasteiger partial charge in [0.15, 0.2) is 17.5 Å². The van der Waals surface area contributed by atoms with Gasteiger partial charge in [0.05, 0.1) is 11.0 Å². The zero-order valence-corrected chi connectivity index (χ0v) is 28.6. The van der Waals surface area contributed by atoms with Crippen molar-refractivity contribution < 1.29 is 0 Å². The number of hydrogen-bond donors (Lipinski definition) is 0. The van der Waals surface area contributed by atoms with E-state index in [1.54, 1.807) is 0 Å². The Hall–Kier alpha value is -7.17. The molecule has 0 radical (unpaired) electrons. The first-order chi connectivity index (χ1) is 26.3. The Kier molecular flexibility index (Phi) is 6.52. The maximum absolute atomic E-state index is 5.30. The fourth-order valence-corrected chi connectivity index (χ4v) is 8.11. The van der Waals surface area contributed by atoms with Crippen LogP contribution in [0.4, 0.5) is 0 Å². The summed E-state index contributed by atoms with van der Waals surface area (Å²) in [5.41, 5.74) is 6.22. The molecule has 0 N–H and O–H groups in total. The average Bonchev–Trinajstić information content (AvgIpc) is 3.57. The van der Waals surface area contributed by atoms with Crippen LogP contribution in [-0.2, 0) is 0 Å². The van der Waals surface area contributed by atoms with Crippen LogP contribution in [0.3, 0.4) is 0 Å². The minimum atomic E-state index is 0.636. The third-order valence-electron chi connectivity index (χ3n) is 10.6. The Bertz CT molecular complexity index is 3180. The van der Waals surface area contributed by atoms with Crippen LogP contribution < -0.4 is 0 Å². The van der Waals surface area contributed by atoms with Crippen molar-refractivity contribution in [3.8, 4) is 39.9 Å². The summed E-state index contributed by atoms with van der Waals surface area (Å²) in [7, 11) is 0. The monoisotopic (exact) mass is 674 g/mol. The molecule has 0 amide bonds. The summed E-state index contributed by atoms with van der Waals surface area (Å²) < 4.78 is 2.36. The van der Waals surface area contributed by atoms with Gasteiger partial charge in [0.25, 0.3) is 0 Å². The third-order valence-corrected chi connectivity index (χ3v) is 10.6. The molecule has 2 aromatic heterocycles. The van der Waals surface area contributed by atoms with Crippen LogP contribution in [-0.4, -0.2) is 19.5 Å². The lowest BCUT2D eigenvalue weighted by Gasteiger charge is -2.15. The van der Waals surface area contributed by atoms with Crippen molar-refractivity contribution in [3.05, 3.63) is 182 Å². The molecule has 0 spiro atoms. The number of para-hydroxylation sites is 2. The molecule has 0 aliphatic carbocycles.